The van der Waals surface area contributed by atoms with Crippen LogP contribution in [0.5, 0.6) is 34.5 Å². The third kappa shape index (κ3) is 4.07. The summed E-state index contributed by atoms with van der Waals surface area (Å²) in [5.74, 6) is 1.40. The minimum Gasteiger partial charge on any atom is -0.493 e. The first-order valence-corrected chi connectivity index (χ1v) is 11.6. The van der Waals surface area contributed by atoms with Crippen molar-refractivity contribution < 1.29 is 42.4 Å². The second kappa shape index (κ2) is 9.85. The topological polar surface area (TPSA) is 103 Å². The maximum Gasteiger partial charge on any atom is 0.379 e. The zero-order chi connectivity index (χ0) is 27.0. The van der Waals surface area contributed by atoms with Crippen LogP contribution in [0.3, 0.4) is 0 Å². The van der Waals surface area contributed by atoms with Crippen LogP contribution in [0.4, 0.5) is 0 Å². The molecule has 4 aromatic rings. The molecule has 194 valence electrons. The number of furan rings is 1. The minimum absolute atomic E-state index is 0.0162. The molecule has 0 N–H and O–H groups in total. The van der Waals surface area contributed by atoms with Crippen molar-refractivity contribution in [2.45, 2.75) is 6.92 Å². The van der Waals surface area contributed by atoms with E-state index in [4.69, 9.17) is 32.8 Å². The molecule has 5 rings (SSSR count). The SMILES string of the molecule is COc1ccc(/C=C2\Oc3c(ccc(OC(=O)c4cc5cccc(OC)c5o4)c3C)C2=O)c(OC)c1OC. The zero-order valence-electron chi connectivity index (χ0n) is 21.4. The molecule has 2 heterocycles. The molecular formula is C29H24O9. The number of Topliss-reactive ketones (excluding diaryl/α,β-unsaturated/α-hetero) is 1. The van der Waals surface area contributed by atoms with Crippen molar-refractivity contribution in [2.24, 2.45) is 0 Å². The summed E-state index contributed by atoms with van der Waals surface area (Å²) < 4.78 is 38.8. The summed E-state index contributed by atoms with van der Waals surface area (Å²) in [6.07, 6.45) is 1.57. The Morgan fingerprint density at radius 1 is 0.842 bits per heavy atom. The maximum atomic E-state index is 13.1. The van der Waals surface area contributed by atoms with Crippen LogP contribution in [0.15, 0.2) is 58.7 Å². The van der Waals surface area contributed by atoms with Gasteiger partial charge in [-0.2, -0.15) is 0 Å². The van der Waals surface area contributed by atoms with E-state index in [2.05, 4.69) is 0 Å². The molecule has 1 aromatic heterocycles. The van der Waals surface area contributed by atoms with Crippen LogP contribution in [0.1, 0.15) is 32.0 Å². The Kier molecular flexibility index (Phi) is 6.42. The second-order valence-corrected chi connectivity index (χ2v) is 8.31. The number of hydrogen-bond donors (Lipinski definition) is 0. The fourth-order valence-corrected chi connectivity index (χ4v) is 4.31. The Balaban J connectivity index is 1.44. The summed E-state index contributed by atoms with van der Waals surface area (Å²) in [6, 6.07) is 13.5. The lowest BCUT2D eigenvalue weighted by Crippen LogP contribution is -2.08. The lowest BCUT2D eigenvalue weighted by molar-refractivity contribution is 0.0702. The van der Waals surface area contributed by atoms with Crippen LogP contribution in [-0.2, 0) is 0 Å². The van der Waals surface area contributed by atoms with Gasteiger partial charge in [0, 0.05) is 16.5 Å². The Labute approximate surface area is 218 Å². The van der Waals surface area contributed by atoms with Crippen LogP contribution >= 0.6 is 0 Å². The number of ether oxygens (including phenoxy) is 6. The van der Waals surface area contributed by atoms with Gasteiger partial charge < -0.3 is 32.8 Å². The normalized spacial score (nSPS) is 13.3. The molecule has 1 aliphatic heterocycles. The zero-order valence-corrected chi connectivity index (χ0v) is 21.4. The summed E-state index contributed by atoms with van der Waals surface area (Å²) in [5, 5.41) is 0.705. The molecular weight excluding hydrogens is 492 g/mol. The molecule has 0 radical (unpaired) electrons. The number of fused-ring (bicyclic) bond motifs is 2. The fraction of sp³-hybridized carbons (Fsp3) is 0.172. The van der Waals surface area contributed by atoms with Gasteiger partial charge in [0.2, 0.25) is 17.3 Å². The van der Waals surface area contributed by atoms with E-state index < -0.39 is 5.97 Å². The Morgan fingerprint density at radius 2 is 1.58 bits per heavy atom. The molecule has 1 aliphatic rings. The van der Waals surface area contributed by atoms with E-state index in [1.54, 1.807) is 61.5 Å². The number of carbonyl (C=O) groups is 2. The summed E-state index contributed by atoms with van der Waals surface area (Å²) in [4.78, 5) is 26.0. The van der Waals surface area contributed by atoms with Gasteiger partial charge in [-0.1, -0.05) is 12.1 Å². The van der Waals surface area contributed by atoms with Crippen molar-refractivity contribution >= 4 is 28.8 Å². The molecule has 0 bridgehead atoms. The highest BCUT2D eigenvalue weighted by molar-refractivity contribution is 6.15. The van der Waals surface area contributed by atoms with Crippen LogP contribution in [0.2, 0.25) is 0 Å². The smallest absolute Gasteiger partial charge is 0.379 e. The molecule has 9 nitrogen and oxygen atoms in total. The van der Waals surface area contributed by atoms with Gasteiger partial charge in [-0.3, -0.25) is 4.79 Å². The largest absolute Gasteiger partial charge is 0.493 e. The maximum absolute atomic E-state index is 13.1. The first kappa shape index (κ1) is 24.8. The fourth-order valence-electron chi connectivity index (χ4n) is 4.31. The van der Waals surface area contributed by atoms with Crippen molar-refractivity contribution in [2.75, 3.05) is 28.4 Å². The molecule has 0 saturated heterocycles. The highest BCUT2D eigenvalue weighted by Crippen LogP contribution is 2.43. The van der Waals surface area contributed by atoms with E-state index in [1.165, 1.54) is 28.4 Å². The molecule has 3 aromatic carbocycles. The molecule has 0 fully saturated rings. The number of para-hydroxylation sites is 1. The third-order valence-corrected chi connectivity index (χ3v) is 6.19. The van der Waals surface area contributed by atoms with E-state index >= 15 is 0 Å². The quantitative estimate of drug-likeness (QED) is 0.176. The second-order valence-electron chi connectivity index (χ2n) is 8.31. The molecule has 0 spiro atoms. The monoisotopic (exact) mass is 516 g/mol. The van der Waals surface area contributed by atoms with Crippen molar-refractivity contribution in [3.05, 3.63) is 76.7 Å². The Hall–Kier alpha value is -4.92. The number of benzene rings is 3. The van der Waals surface area contributed by atoms with Crippen LogP contribution < -0.4 is 28.4 Å². The molecule has 0 amide bonds. The van der Waals surface area contributed by atoms with E-state index in [1.807, 2.05) is 0 Å². The molecule has 38 heavy (non-hydrogen) atoms. The summed E-state index contributed by atoms with van der Waals surface area (Å²) in [5.41, 5.74) is 1.84. The minimum atomic E-state index is -0.693. The molecule has 0 aliphatic carbocycles. The van der Waals surface area contributed by atoms with E-state index in [-0.39, 0.29) is 23.1 Å². The number of rotatable bonds is 7. The van der Waals surface area contributed by atoms with Crippen LogP contribution in [-0.4, -0.2) is 40.2 Å². The lowest BCUT2D eigenvalue weighted by Gasteiger charge is -2.14. The molecule has 0 unspecified atom stereocenters. The highest BCUT2D eigenvalue weighted by Gasteiger charge is 2.31. The highest BCUT2D eigenvalue weighted by atomic mass is 16.6. The Morgan fingerprint density at radius 3 is 2.29 bits per heavy atom. The van der Waals surface area contributed by atoms with Gasteiger partial charge in [-0.05, 0) is 49.4 Å². The van der Waals surface area contributed by atoms with E-state index in [0.717, 1.165) is 0 Å². The summed E-state index contributed by atoms with van der Waals surface area (Å²) in [7, 11) is 6.04. The number of carbonyl (C=O) groups excluding carboxylic acids is 2. The van der Waals surface area contributed by atoms with Crippen molar-refractivity contribution in [3.63, 3.8) is 0 Å². The van der Waals surface area contributed by atoms with Crippen LogP contribution in [0.25, 0.3) is 17.0 Å². The lowest BCUT2D eigenvalue weighted by atomic mass is 10.1. The molecule has 0 saturated carbocycles. The standard InChI is InChI=1S/C29H24O9/c1-15-19(38-29(31)23-14-16-7-6-8-20(32-2)26(16)37-23)12-10-18-24(30)22(36-25(15)18)13-17-9-11-21(33-3)28(35-5)27(17)34-4/h6-14H,1-5H3/b22-13-. The van der Waals surface area contributed by atoms with Gasteiger partial charge in [0.05, 0.1) is 34.0 Å². The average Bonchev–Trinajstić information content (AvgIpc) is 3.51. The van der Waals surface area contributed by atoms with Gasteiger partial charge in [0.25, 0.3) is 0 Å². The molecule has 9 heteroatoms. The van der Waals surface area contributed by atoms with E-state index in [0.29, 0.717) is 56.4 Å². The van der Waals surface area contributed by atoms with Crippen LogP contribution in [0, 0.1) is 6.92 Å². The van der Waals surface area contributed by atoms with Gasteiger partial charge in [-0.15, -0.1) is 0 Å². The van der Waals surface area contributed by atoms with Gasteiger partial charge in [0.15, 0.2) is 28.6 Å². The van der Waals surface area contributed by atoms with Crippen molar-refractivity contribution in [3.8, 4) is 34.5 Å². The predicted octanol–water partition coefficient (Wildman–Crippen LogP) is 5.61. The average molecular weight is 517 g/mol. The predicted molar refractivity (Wildman–Crippen MR) is 138 cm³/mol. The number of methoxy groups -OCH3 is 4. The van der Waals surface area contributed by atoms with E-state index in [9.17, 15) is 9.59 Å². The van der Waals surface area contributed by atoms with Crippen molar-refractivity contribution in [1.29, 1.82) is 0 Å². The first-order valence-electron chi connectivity index (χ1n) is 11.6. The van der Waals surface area contributed by atoms with Gasteiger partial charge in [0.1, 0.15) is 11.5 Å². The summed E-state index contributed by atoms with van der Waals surface area (Å²) in [6.45, 7) is 1.70. The van der Waals surface area contributed by atoms with Crippen molar-refractivity contribution in [1.82, 2.24) is 0 Å². The number of allylic oxidation sites excluding steroid dienone is 1. The number of esters is 1. The number of hydrogen-bond acceptors (Lipinski definition) is 9. The Bertz CT molecular complexity index is 1610. The number of ketones is 1. The van der Waals surface area contributed by atoms with Gasteiger partial charge >= 0.3 is 5.97 Å². The van der Waals surface area contributed by atoms with Gasteiger partial charge in [-0.25, -0.2) is 4.79 Å². The molecule has 0 atom stereocenters. The first-order chi connectivity index (χ1) is 18.4. The third-order valence-electron chi connectivity index (χ3n) is 6.19. The summed E-state index contributed by atoms with van der Waals surface area (Å²) >= 11 is 0.